The summed E-state index contributed by atoms with van der Waals surface area (Å²) in [5.41, 5.74) is 1.26. The number of hydrogen-bond acceptors (Lipinski definition) is 2. The van der Waals surface area contributed by atoms with Crippen molar-refractivity contribution in [2.24, 2.45) is 0 Å². The molecule has 1 aliphatic heterocycles. The highest BCUT2D eigenvalue weighted by molar-refractivity contribution is 5.85. The van der Waals surface area contributed by atoms with Gasteiger partial charge in [-0.05, 0) is 43.8 Å². The van der Waals surface area contributed by atoms with E-state index in [0.717, 1.165) is 38.9 Å². The Morgan fingerprint density at radius 2 is 1.91 bits per heavy atom. The highest BCUT2D eigenvalue weighted by Gasteiger charge is 2.25. The monoisotopic (exact) mass is 324 g/mol. The van der Waals surface area contributed by atoms with Gasteiger partial charge in [-0.25, -0.2) is 0 Å². The number of benzene rings is 1. The fourth-order valence-electron chi connectivity index (χ4n) is 3.15. The van der Waals surface area contributed by atoms with Gasteiger partial charge in [0.15, 0.2) is 0 Å². The van der Waals surface area contributed by atoms with E-state index in [1.807, 2.05) is 18.2 Å². The van der Waals surface area contributed by atoms with Crippen LogP contribution in [0.5, 0.6) is 0 Å². The summed E-state index contributed by atoms with van der Waals surface area (Å²) in [6.07, 6.45) is 3.83. The Labute approximate surface area is 140 Å². The minimum atomic E-state index is 0. The molecule has 0 spiro atoms. The number of nitrogens with zero attached hydrogens (tertiary/aromatic N) is 1. The molecule has 1 aromatic rings. The van der Waals surface area contributed by atoms with Crippen LogP contribution in [-0.4, -0.2) is 36.5 Å². The molecule has 0 aromatic heterocycles. The van der Waals surface area contributed by atoms with E-state index in [1.54, 1.807) is 0 Å². The normalized spacial score (nSPS) is 16.6. The summed E-state index contributed by atoms with van der Waals surface area (Å²) in [5.74, 6) is 0.611. The van der Waals surface area contributed by atoms with E-state index < -0.39 is 0 Å². The molecule has 0 bridgehead atoms. The Bertz CT molecular complexity index is 432. The largest absolute Gasteiger partial charge is 0.340 e. The van der Waals surface area contributed by atoms with Crippen molar-refractivity contribution >= 4 is 18.3 Å². The van der Waals surface area contributed by atoms with Crippen molar-refractivity contribution in [1.82, 2.24) is 10.2 Å². The van der Waals surface area contributed by atoms with Crippen molar-refractivity contribution in [3.8, 4) is 0 Å². The molecular formula is C18H29ClN2O. The van der Waals surface area contributed by atoms with Gasteiger partial charge in [-0.1, -0.05) is 44.2 Å². The second-order valence-electron chi connectivity index (χ2n) is 6.08. The standard InChI is InChI=1S/C18H28N2O.ClH/c1-3-13-20(17-9-11-19-12-10-17)18(21)14-15(2)16-7-5-4-6-8-16;/h4-8,15,17,19H,3,9-14H2,1-2H3;1H. The first-order valence-corrected chi connectivity index (χ1v) is 8.27. The molecule has 0 aliphatic carbocycles. The fourth-order valence-corrected chi connectivity index (χ4v) is 3.15. The first-order valence-electron chi connectivity index (χ1n) is 8.27. The summed E-state index contributed by atoms with van der Waals surface area (Å²) in [6.45, 7) is 7.27. The van der Waals surface area contributed by atoms with Crippen molar-refractivity contribution in [1.29, 1.82) is 0 Å². The van der Waals surface area contributed by atoms with Crippen LogP contribution in [-0.2, 0) is 4.79 Å². The highest BCUT2D eigenvalue weighted by Crippen LogP contribution is 2.22. The lowest BCUT2D eigenvalue weighted by atomic mass is 9.96. The molecule has 0 radical (unpaired) electrons. The number of nitrogens with one attached hydrogen (secondary N) is 1. The van der Waals surface area contributed by atoms with E-state index in [0.29, 0.717) is 24.3 Å². The first-order chi connectivity index (χ1) is 10.2. The first kappa shape index (κ1) is 19.0. The molecule has 1 fully saturated rings. The van der Waals surface area contributed by atoms with Gasteiger partial charge in [-0.3, -0.25) is 4.79 Å². The second kappa shape index (κ2) is 9.86. The van der Waals surface area contributed by atoms with Crippen LogP contribution in [0.2, 0.25) is 0 Å². The van der Waals surface area contributed by atoms with Crippen LogP contribution in [0, 0.1) is 0 Å². The minimum Gasteiger partial charge on any atom is -0.340 e. The van der Waals surface area contributed by atoms with E-state index in [-0.39, 0.29) is 12.4 Å². The van der Waals surface area contributed by atoms with Gasteiger partial charge >= 0.3 is 0 Å². The van der Waals surface area contributed by atoms with Crippen molar-refractivity contribution in [3.63, 3.8) is 0 Å². The number of halogens is 1. The Morgan fingerprint density at radius 1 is 1.27 bits per heavy atom. The zero-order valence-electron chi connectivity index (χ0n) is 13.8. The van der Waals surface area contributed by atoms with Gasteiger partial charge in [0.1, 0.15) is 0 Å². The van der Waals surface area contributed by atoms with Crippen LogP contribution in [0.4, 0.5) is 0 Å². The lowest BCUT2D eigenvalue weighted by Crippen LogP contribution is -2.46. The molecule has 0 saturated carbocycles. The molecule has 2 rings (SSSR count). The number of amides is 1. The minimum absolute atomic E-state index is 0. The number of carbonyl (C=O) groups excluding carboxylic acids is 1. The zero-order chi connectivity index (χ0) is 15.1. The van der Waals surface area contributed by atoms with Gasteiger partial charge in [0.25, 0.3) is 0 Å². The average Bonchev–Trinajstić information content (AvgIpc) is 2.54. The molecule has 4 heteroatoms. The predicted molar refractivity (Wildman–Crippen MR) is 94.6 cm³/mol. The maximum Gasteiger partial charge on any atom is 0.223 e. The number of hydrogen-bond donors (Lipinski definition) is 1. The lowest BCUT2D eigenvalue weighted by molar-refractivity contribution is -0.134. The molecule has 1 atom stereocenters. The molecule has 1 aliphatic rings. The number of carbonyl (C=O) groups is 1. The quantitative estimate of drug-likeness (QED) is 0.867. The summed E-state index contributed by atoms with van der Waals surface area (Å²) >= 11 is 0. The molecule has 1 N–H and O–H groups in total. The maximum atomic E-state index is 12.7. The maximum absolute atomic E-state index is 12.7. The van der Waals surface area contributed by atoms with Gasteiger partial charge in [0.05, 0.1) is 0 Å². The molecule has 3 nitrogen and oxygen atoms in total. The third-order valence-electron chi connectivity index (χ3n) is 4.38. The van der Waals surface area contributed by atoms with Crippen LogP contribution in [0.1, 0.15) is 51.0 Å². The number of rotatable bonds is 6. The molecule has 1 amide bonds. The van der Waals surface area contributed by atoms with E-state index in [1.165, 1.54) is 5.56 Å². The van der Waals surface area contributed by atoms with Crippen molar-refractivity contribution < 1.29 is 4.79 Å². The SMILES string of the molecule is CCCN(C(=O)CC(C)c1ccccc1)C1CCNCC1.Cl. The van der Waals surface area contributed by atoms with Crippen molar-refractivity contribution in [2.75, 3.05) is 19.6 Å². The third kappa shape index (κ3) is 5.29. The van der Waals surface area contributed by atoms with Crippen LogP contribution in [0.3, 0.4) is 0 Å². The molecule has 1 heterocycles. The third-order valence-corrected chi connectivity index (χ3v) is 4.38. The van der Waals surface area contributed by atoms with Crippen LogP contribution < -0.4 is 5.32 Å². The van der Waals surface area contributed by atoms with Gasteiger partial charge in [-0.15, -0.1) is 12.4 Å². The Morgan fingerprint density at radius 3 is 2.50 bits per heavy atom. The summed E-state index contributed by atoms with van der Waals surface area (Å²) in [7, 11) is 0. The molecule has 1 saturated heterocycles. The van der Waals surface area contributed by atoms with Crippen LogP contribution in [0.15, 0.2) is 30.3 Å². The van der Waals surface area contributed by atoms with E-state index in [9.17, 15) is 4.79 Å². The van der Waals surface area contributed by atoms with Crippen molar-refractivity contribution in [3.05, 3.63) is 35.9 Å². The Balaban J connectivity index is 0.00000242. The Hall–Kier alpha value is -1.06. The van der Waals surface area contributed by atoms with Crippen LogP contribution >= 0.6 is 12.4 Å². The van der Waals surface area contributed by atoms with Gasteiger partial charge in [0, 0.05) is 19.0 Å². The van der Waals surface area contributed by atoms with Gasteiger partial charge < -0.3 is 10.2 Å². The molecule has 1 aromatic carbocycles. The smallest absolute Gasteiger partial charge is 0.223 e. The topological polar surface area (TPSA) is 32.3 Å². The molecule has 124 valence electrons. The second-order valence-corrected chi connectivity index (χ2v) is 6.08. The summed E-state index contributed by atoms with van der Waals surface area (Å²) in [5, 5.41) is 3.38. The highest BCUT2D eigenvalue weighted by atomic mass is 35.5. The average molecular weight is 325 g/mol. The zero-order valence-corrected chi connectivity index (χ0v) is 14.6. The predicted octanol–water partition coefficient (Wildman–Crippen LogP) is 3.59. The van der Waals surface area contributed by atoms with E-state index >= 15 is 0 Å². The van der Waals surface area contributed by atoms with Crippen molar-refractivity contribution in [2.45, 2.75) is 51.5 Å². The van der Waals surface area contributed by atoms with Gasteiger partial charge in [0.2, 0.25) is 5.91 Å². The molecule has 1 unspecified atom stereocenters. The molecular weight excluding hydrogens is 296 g/mol. The summed E-state index contributed by atoms with van der Waals surface area (Å²) < 4.78 is 0. The summed E-state index contributed by atoms with van der Waals surface area (Å²) in [6, 6.07) is 10.8. The van der Waals surface area contributed by atoms with Crippen LogP contribution in [0.25, 0.3) is 0 Å². The van der Waals surface area contributed by atoms with E-state index in [4.69, 9.17) is 0 Å². The Kier molecular flexibility index (Phi) is 8.51. The number of piperidine rings is 1. The fraction of sp³-hybridized carbons (Fsp3) is 0.611. The van der Waals surface area contributed by atoms with Gasteiger partial charge in [-0.2, -0.15) is 0 Å². The summed E-state index contributed by atoms with van der Waals surface area (Å²) in [4.78, 5) is 14.9. The molecule has 22 heavy (non-hydrogen) atoms. The van der Waals surface area contributed by atoms with E-state index in [2.05, 4.69) is 36.2 Å². The lowest BCUT2D eigenvalue weighted by Gasteiger charge is -2.35.